The van der Waals surface area contributed by atoms with E-state index in [2.05, 4.69) is 10.2 Å². The molecule has 49 heavy (non-hydrogen) atoms. The number of rotatable bonds is 13. The summed E-state index contributed by atoms with van der Waals surface area (Å²) in [5, 5.41) is 15.5. The van der Waals surface area contributed by atoms with Crippen LogP contribution in [-0.4, -0.2) is 56.8 Å². The zero-order chi connectivity index (χ0) is 34.5. The van der Waals surface area contributed by atoms with Crippen molar-refractivity contribution >= 4 is 46.5 Å². The summed E-state index contributed by atoms with van der Waals surface area (Å²) in [6.45, 7) is 3.23. The van der Waals surface area contributed by atoms with E-state index < -0.39 is 18.1 Å². The Balaban J connectivity index is 1.17. The highest BCUT2D eigenvalue weighted by Gasteiger charge is 2.38. The summed E-state index contributed by atoms with van der Waals surface area (Å²) in [5.41, 5.74) is 1.88. The number of benzene rings is 2. The van der Waals surface area contributed by atoms with Gasteiger partial charge in [0.05, 0.1) is 14.2 Å². The predicted molar refractivity (Wildman–Crippen MR) is 186 cm³/mol. The number of aromatic nitrogens is 1. The Labute approximate surface area is 299 Å². The van der Waals surface area contributed by atoms with Gasteiger partial charge in [-0.1, -0.05) is 59.6 Å². The van der Waals surface area contributed by atoms with Crippen LogP contribution in [0.25, 0.3) is 0 Å². The van der Waals surface area contributed by atoms with E-state index in [0.29, 0.717) is 44.7 Å². The average molecular weight is 727 g/mol. The molecular weight excluding hydrogens is 689 g/mol. The normalized spacial score (nSPS) is 19.6. The number of halogens is 2. The van der Waals surface area contributed by atoms with E-state index >= 15 is 0 Å². The first kappa shape index (κ1) is 35.0. The van der Waals surface area contributed by atoms with Gasteiger partial charge in [-0.2, -0.15) is 4.73 Å². The molecule has 3 aliphatic heterocycles. The van der Waals surface area contributed by atoms with Crippen molar-refractivity contribution < 1.29 is 33.3 Å². The van der Waals surface area contributed by atoms with Gasteiger partial charge in [0.1, 0.15) is 33.2 Å². The lowest BCUT2D eigenvalue weighted by Gasteiger charge is -2.44. The standard InChI is InChI=1S/C36H37Cl2N3O7S/c1-45-29-10-8-24(16-31(29)46-2)30(17-26-27(37)19-41(44)20-28(26)38)47-35(42)33-11-9-25(49-33)18-39-34(23-6-4-3-5-7-23)36(43)48-32-21-40-14-12-22(32)13-15-40/h3-11,16,19-20,22,30,32,34,39H,12-15,17-18,21H2,1-2H3/t30-,32?,34?/m0/s1. The summed E-state index contributed by atoms with van der Waals surface area (Å²) in [6, 6.07) is 17.6. The van der Waals surface area contributed by atoms with E-state index in [1.807, 2.05) is 36.4 Å². The maximum atomic E-state index is 13.6. The Morgan fingerprint density at radius 3 is 2.35 bits per heavy atom. The second kappa shape index (κ2) is 15.8. The highest BCUT2D eigenvalue weighted by Crippen LogP contribution is 2.36. The number of hydrogen-bond acceptors (Lipinski definition) is 10. The molecule has 2 unspecified atom stereocenters. The molecule has 0 aliphatic carbocycles. The zero-order valence-corrected chi connectivity index (χ0v) is 29.4. The number of pyridine rings is 1. The van der Waals surface area contributed by atoms with Crippen LogP contribution in [0.3, 0.4) is 0 Å². The molecule has 0 saturated carbocycles. The highest BCUT2D eigenvalue weighted by atomic mass is 35.5. The first-order chi connectivity index (χ1) is 23.7. The fourth-order valence-corrected chi connectivity index (χ4v) is 7.85. The lowest BCUT2D eigenvalue weighted by Crippen LogP contribution is -2.52. The summed E-state index contributed by atoms with van der Waals surface area (Å²) in [5.74, 6) is 0.500. The van der Waals surface area contributed by atoms with Crippen molar-refractivity contribution in [3.05, 3.63) is 115 Å². The minimum absolute atomic E-state index is 0.0972. The average Bonchev–Trinajstić information content (AvgIpc) is 3.59. The molecule has 3 atom stereocenters. The SMILES string of the molecule is COc1ccc([C@H](Cc2c(Cl)c[n+]([O-])cc2Cl)OC(=O)c2ccc(CNC(C(=O)OC3CN4CCC3CC4)c3ccccc3)s2)cc1OC. The quantitative estimate of drug-likeness (QED) is 0.0962. The summed E-state index contributed by atoms with van der Waals surface area (Å²) in [6.07, 6.45) is 3.65. The van der Waals surface area contributed by atoms with Gasteiger partial charge in [0.2, 0.25) is 0 Å². The Bertz CT molecular complexity index is 1760. The number of carbonyl (C=O) groups is 2. The minimum Gasteiger partial charge on any atom is -0.619 e. The van der Waals surface area contributed by atoms with E-state index in [0.717, 1.165) is 42.9 Å². The number of esters is 2. The molecule has 10 nitrogen and oxygen atoms in total. The number of fused-ring (bicyclic) bond motifs is 3. The lowest BCUT2D eigenvalue weighted by atomic mass is 9.86. The lowest BCUT2D eigenvalue weighted by molar-refractivity contribution is -0.605. The van der Waals surface area contributed by atoms with Gasteiger partial charge >= 0.3 is 11.9 Å². The largest absolute Gasteiger partial charge is 0.619 e. The number of hydrogen-bond donors (Lipinski definition) is 1. The summed E-state index contributed by atoms with van der Waals surface area (Å²) < 4.78 is 23.5. The number of methoxy groups -OCH3 is 2. The maximum absolute atomic E-state index is 13.6. The van der Waals surface area contributed by atoms with Gasteiger partial charge in [-0.05, 0) is 67.2 Å². The molecule has 3 saturated heterocycles. The van der Waals surface area contributed by atoms with E-state index in [-0.39, 0.29) is 28.5 Å². The first-order valence-corrected chi connectivity index (χ1v) is 17.6. The van der Waals surface area contributed by atoms with Crippen molar-refractivity contribution in [1.82, 2.24) is 10.2 Å². The van der Waals surface area contributed by atoms with Crippen LogP contribution in [0.2, 0.25) is 10.0 Å². The second-order valence-electron chi connectivity index (χ2n) is 12.1. The smallest absolute Gasteiger partial charge is 0.348 e. The highest BCUT2D eigenvalue weighted by molar-refractivity contribution is 7.13. The van der Waals surface area contributed by atoms with Crippen LogP contribution in [0.4, 0.5) is 0 Å². The molecule has 1 N–H and O–H groups in total. The Kier molecular flexibility index (Phi) is 11.3. The van der Waals surface area contributed by atoms with Gasteiger partial charge in [0.25, 0.3) is 0 Å². The Hall–Kier alpha value is -3.87. The third-order valence-electron chi connectivity index (χ3n) is 9.05. The monoisotopic (exact) mass is 725 g/mol. The molecular formula is C36H37Cl2N3O7S. The zero-order valence-electron chi connectivity index (χ0n) is 27.1. The molecule has 5 heterocycles. The summed E-state index contributed by atoms with van der Waals surface area (Å²) in [7, 11) is 3.05. The third kappa shape index (κ3) is 8.30. The first-order valence-electron chi connectivity index (χ1n) is 16.0. The molecule has 13 heteroatoms. The van der Waals surface area contributed by atoms with Crippen molar-refractivity contribution in [3.8, 4) is 11.5 Å². The Morgan fingerprint density at radius 1 is 0.980 bits per heavy atom. The van der Waals surface area contributed by atoms with Crippen molar-refractivity contribution in [2.45, 2.75) is 44.1 Å². The van der Waals surface area contributed by atoms with Crippen LogP contribution in [0, 0.1) is 11.1 Å². The van der Waals surface area contributed by atoms with Gasteiger partial charge < -0.3 is 24.2 Å². The fourth-order valence-electron chi connectivity index (χ4n) is 6.41. The predicted octanol–water partition coefficient (Wildman–Crippen LogP) is 6.31. The number of ether oxygens (including phenoxy) is 4. The van der Waals surface area contributed by atoms with Crippen LogP contribution in [0.5, 0.6) is 11.5 Å². The molecule has 3 aliphatic rings. The van der Waals surface area contributed by atoms with E-state index in [1.165, 1.54) is 38.0 Å². The third-order valence-corrected chi connectivity index (χ3v) is 10.8. The molecule has 7 rings (SSSR count). The van der Waals surface area contributed by atoms with Gasteiger partial charge in [0, 0.05) is 30.0 Å². The number of nitrogens with one attached hydrogen (secondary N) is 1. The molecule has 0 radical (unpaired) electrons. The topological polar surface area (TPSA) is 113 Å². The second-order valence-corrected chi connectivity index (χ2v) is 14.1. The van der Waals surface area contributed by atoms with E-state index in [1.54, 1.807) is 24.3 Å². The van der Waals surface area contributed by atoms with Crippen molar-refractivity contribution in [2.24, 2.45) is 5.92 Å². The van der Waals surface area contributed by atoms with Gasteiger partial charge in [-0.3, -0.25) is 10.2 Å². The number of piperidine rings is 3. The molecule has 2 bridgehead atoms. The minimum atomic E-state index is -0.836. The Morgan fingerprint density at radius 2 is 1.69 bits per heavy atom. The summed E-state index contributed by atoms with van der Waals surface area (Å²) >= 11 is 14.1. The van der Waals surface area contributed by atoms with Crippen LogP contribution in [0.1, 0.15) is 56.2 Å². The van der Waals surface area contributed by atoms with Crippen molar-refractivity contribution in [1.29, 1.82) is 0 Å². The number of carbonyl (C=O) groups excluding carboxylic acids is 2. The van der Waals surface area contributed by atoms with Crippen LogP contribution in [0.15, 0.2) is 73.1 Å². The molecule has 4 aromatic rings. The van der Waals surface area contributed by atoms with Crippen molar-refractivity contribution in [3.63, 3.8) is 0 Å². The van der Waals surface area contributed by atoms with Crippen LogP contribution < -0.4 is 19.5 Å². The summed E-state index contributed by atoms with van der Waals surface area (Å²) in [4.78, 5) is 30.7. The molecule has 2 aromatic carbocycles. The van der Waals surface area contributed by atoms with Gasteiger partial charge in [-0.15, -0.1) is 11.3 Å². The molecule has 0 amide bonds. The van der Waals surface area contributed by atoms with Gasteiger partial charge in [0.15, 0.2) is 23.9 Å². The van der Waals surface area contributed by atoms with Gasteiger partial charge in [-0.25, -0.2) is 9.59 Å². The van der Waals surface area contributed by atoms with Crippen LogP contribution in [-0.2, 0) is 27.2 Å². The molecule has 2 aromatic heterocycles. The van der Waals surface area contributed by atoms with Crippen LogP contribution >= 0.6 is 34.5 Å². The molecule has 3 fully saturated rings. The maximum Gasteiger partial charge on any atom is 0.348 e. The molecule has 258 valence electrons. The van der Waals surface area contributed by atoms with E-state index in [9.17, 15) is 14.8 Å². The number of nitrogens with zero attached hydrogens (tertiary/aromatic N) is 2. The van der Waals surface area contributed by atoms with Crippen molar-refractivity contribution in [2.75, 3.05) is 33.9 Å². The van der Waals surface area contributed by atoms with E-state index in [4.69, 9.17) is 42.1 Å². The number of thiophene rings is 1. The molecule has 0 spiro atoms. The fraction of sp³-hybridized carbons (Fsp3) is 0.361.